The summed E-state index contributed by atoms with van der Waals surface area (Å²) in [7, 11) is 0. The molecule has 0 aliphatic carbocycles. The van der Waals surface area contributed by atoms with E-state index in [0.717, 1.165) is 47.4 Å². The lowest BCUT2D eigenvalue weighted by atomic mass is 9.90. The van der Waals surface area contributed by atoms with Crippen molar-refractivity contribution in [1.82, 2.24) is 9.97 Å². The number of aliphatic hydroxyl groups is 1. The highest BCUT2D eigenvalue weighted by Gasteiger charge is 2.33. The van der Waals surface area contributed by atoms with E-state index in [1.807, 2.05) is 44.3 Å². The van der Waals surface area contributed by atoms with Gasteiger partial charge < -0.3 is 21.1 Å². The SMILES string of the molecule is CC(C)(O)[C@H]1CCN(c2ccc(CNc3cccc4c(N)nccc34)cn2)C1. The molecule has 1 saturated heterocycles. The molecule has 0 saturated carbocycles. The number of nitrogen functional groups attached to an aromatic ring is 1. The van der Waals surface area contributed by atoms with Gasteiger partial charge in [0.05, 0.1) is 5.60 Å². The molecular formula is C22H27N5O. The van der Waals surface area contributed by atoms with Gasteiger partial charge in [0.2, 0.25) is 0 Å². The molecule has 6 nitrogen and oxygen atoms in total. The van der Waals surface area contributed by atoms with Crippen LogP contribution < -0.4 is 16.0 Å². The van der Waals surface area contributed by atoms with Crippen molar-refractivity contribution < 1.29 is 5.11 Å². The largest absolute Gasteiger partial charge is 0.390 e. The van der Waals surface area contributed by atoms with Gasteiger partial charge in [-0.15, -0.1) is 0 Å². The summed E-state index contributed by atoms with van der Waals surface area (Å²) in [4.78, 5) is 11.0. The molecule has 0 spiro atoms. The monoisotopic (exact) mass is 377 g/mol. The molecule has 6 heteroatoms. The van der Waals surface area contributed by atoms with Crippen LogP contribution in [0.15, 0.2) is 48.8 Å². The second-order valence-electron chi connectivity index (χ2n) is 8.06. The summed E-state index contributed by atoms with van der Waals surface area (Å²) >= 11 is 0. The molecule has 2 aromatic heterocycles. The number of fused-ring (bicyclic) bond motifs is 1. The number of nitrogens with one attached hydrogen (secondary N) is 1. The second-order valence-corrected chi connectivity index (χ2v) is 8.06. The van der Waals surface area contributed by atoms with Gasteiger partial charge in [-0.05, 0) is 44.0 Å². The zero-order valence-corrected chi connectivity index (χ0v) is 16.4. The Hall–Kier alpha value is -2.86. The van der Waals surface area contributed by atoms with E-state index in [2.05, 4.69) is 32.3 Å². The number of aromatic nitrogens is 2. The third-order valence-corrected chi connectivity index (χ3v) is 5.64. The van der Waals surface area contributed by atoms with E-state index in [9.17, 15) is 5.11 Å². The maximum absolute atomic E-state index is 10.2. The van der Waals surface area contributed by atoms with Crippen LogP contribution in [0.5, 0.6) is 0 Å². The first-order valence-corrected chi connectivity index (χ1v) is 9.71. The Morgan fingerprint density at radius 1 is 1.18 bits per heavy atom. The molecule has 0 unspecified atom stereocenters. The van der Waals surface area contributed by atoms with Gasteiger partial charge in [-0.3, -0.25) is 0 Å². The van der Waals surface area contributed by atoms with E-state index in [4.69, 9.17) is 5.73 Å². The average molecular weight is 377 g/mol. The minimum absolute atomic E-state index is 0.281. The zero-order chi connectivity index (χ0) is 19.7. The summed E-state index contributed by atoms with van der Waals surface area (Å²) in [5, 5.41) is 15.7. The first-order chi connectivity index (χ1) is 13.4. The summed E-state index contributed by atoms with van der Waals surface area (Å²) in [5.74, 6) is 1.80. The topological polar surface area (TPSA) is 87.3 Å². The number of nitrogens with zero attached hydrogens (tertiary/aromatic N) is 3. The lowest BCUT2D eigenvalue weighted by Crippen LogP contribution is -2.33. The molecular weight excluding hydrogens is 350 g/mol. The zero-order valence-electron chi connectivity index (χ0n) is 16.4. The van der Waals surface area contributed by atoms with Crippen LogP contribution in [0.3, 0.4) is 0 Å². The number of hydrogen-bond acceptors (Lipinski definition) is 6. The Morgan fingerprint density at radius 2 is 2.04 bits per heavy atom. The number of anilines is 3. The Balaban J connectivity index is 1.43. The summed E-state index contributed by atoms with van der Waals surface area (Å²) in [6, 6.07) is 12.2. The van der Waals surface area contributed by atoms with Gasteiger partial charge >= 0.3 is 0 Å². The first-order valence-electron chi connectivity index (χ1n) is 9.71. The van der Waals surface area contributed by atoms with Gasteiger partial charge in [-0.25, -0.2) is 9.97 Å². The Bertz CT molecular complexity index is 965. The molecule has 3 aromatic rings. The van der Waals surface area contributed by atoms with Crippen molar-refractivity contribution >= 4 is 28.1 Å². The molecule has 0 amide bonds. The number of pyridine rings is 2. The highest BCUT2D eigenvalue weighted by Crippen LogP contribution is 2.30. The number of hydrogen-bond donors (Lipinski definition) is 3. The molecule has 146 valence electrons. The Kier molecular flexibility index (Phi) is 4.81. The van der Waals surface area contributed by atoms with Gasteiger partial charge in [0, 0.05) is 54.4 Å². The van der Waals surface area contributed by atoms with Crippen molar-refractivity contribution in [3.63, 3.8) is 0 Å². The van der Waals surface area contributed by atoms with Gasteiger partial charge in [0.1, 0.15) is 11.6 Å². The summed E-state index contributed by atoms with van der Waals surface area (Å²) < 4.78 is 0. The highest BCUT2D eigenvalue weighted by atomic mass is 16.3. The van der Waals surface area contributed by atoms with Crippen molar-refractivity contribution in [3.8, 4) is 0 Å². The Morgan fingerprint density at radius 3 is 2.75 bits per heavy atom. The molecule has 1 atom stereocenters. The highest BCUT2D eigenvalue weighted by molar-refractivity contribution is 5.99. The summed E-state index contributed by atoms with van der Waals surface area (Å²) in [6.07, 6.45) is 4.64. The number of nitrogens with two attached hydrogens (primary N) is 1. The van der Waals surface area contributed by atoms with Crippen LogP contribution in [-0.2, 0) is 6.54 Å². The van der Waals surface area contributed by atoms with Crippen LogP contribution >= 0.6 is 0 Å². The molecule has 1 fully saturated rings. The molecule has 4 N–H and O–H groups in total. The molecule has 1 aliphatic rings. The first kappa shape index (κ1) is 18.5. The fourth-order valence-corrected chi connectivity index (χ4v) is 3.83. The van der Waals surface area contributed by atoms with E-state index in [1.54, 1.807) is 6.20 Å². The van der Waals surface area contributed by atoms with Crippen LogP contribution in [0.2, 0.25) is 0 Å². The van der Waals surface area contributed by atoms with Crippen molar-refractivity contribution in [3.05, 3.63) is 54.4 Å². The van der Waals surface area contributed by atoms with Gasteiger partial charge in [-0.1, -0.05) is 18.2 Å². The fraction of sp³-hybridized carbons (Fsp3) is 0.364. The van der Waals surface area contributed by atoms with Gasteiger partial charge in [0.15, 0.2) is 0 Å². The summed E-state index contributed by atoms with van der Waals surface area (Å²) in [5.41, 5.74) is 7.48. The third kappa shape index (κ3) is 3.73. The van der Waals surface area contributed by atoms with Gasteiger partial charge in [-0.2, -0.15) is 0 Å². The number of rotatable bonds is 5. The lowest BCUT2D eigenvalue weighted by Gasteiger charge is -2.26. The van der Waals surface area contributed by atoms with Crippen molar-refractivity contribution in [2.24, 2.45) is 5.92 Å². The standard InChI is InChI=1S/C22H27N5O/c1-22(2,28)16-9-11-27(14-16)20-7-6-15(13-26-20)12-25-19-5-3-4-18-17(19)8-10-24-21(18)23/h3-8,10,13,16,25,28H,9,11-12,14H2,1-2H3,(H2,23,24)/t16-/m0/s1. The van der Waals surface area contributed by atoms with Crippen molar-refractivity contribution in [2.75, 3.05) is 29.0 Å². The van der Waals surface area contributed by atoms with Crippen LogP contribution in [0, 0.1) is 5.92 Å². The predicted molar refractivity (Wildman–Crippen MR) is 114 cm³/mol. The quantitative estimate of drug-likeness (QED) is 0.631. The molecule has 1 aliphatic heterocycles. The minimum Gasteiger partial charge on any atom is -0.390 e. The molecule has 3 heterocycles. The fourth-order valence-electron chi connectivity index (χ4n) is 3.83. The Labute approximate surface area is 165 Å². The smallest absolute Gasteiger partial charge is 0.131 e. The van der Waals surface area contributed by atoms with Gasteiger partial charge in [0.25, 0.3) is 0 Å². The second kappa shape index (κ2) is 7.28. The van der Waals surface area contributed by atoms with E-state index in [-0.39, 0.29) is 5.92 Å². The molecule has 4 rings (SSSR count). The van der Waals surface area contributed by atoms with E-state index >= 15 is 0 Å². The minimum atomic E-state index is -0.643. The lowest BCUT2D eigenvalue weighted by molar-refractivity contribution is 0.0263. The van der Waals surface area contributed by atoms with Crippen LogP contribution in [0.25, 0.3) is 10.8 Å². The van der Waals surface area contributed by atoms with Crippen molar-refractivity contribution in [2.45, 2.75) is 32.4 Å². The summed E-state index contributed by atoms with van der Waals surface area (Å²) in [6.45, 7) is 6.24. The van der Waals surface area contributed by atoms with E-state index in [0.29, 0.717) is 12.4 Å². The third-order valence-electron chi connectivity index (χ3n) is 5.64. The van der Waals surface area contributed by atoms with Crippen LogP contribution in [0.1, 0.15) is 25.8 Å². The molecule has 28 heavy (non-hydrogen) atoms. The molecule has 0 radical (unpaired) electrons. The number of benzene rings is 1. The molecule has 0 bridgehead atoms. The van der Waals surface area contributed by atoms with Crippen LogP contribution in [0.4, 0.5) is 17.3 Å². The van der Waals surface area contributed by atoms with Crippen molar-refractivity contribution in [1.29, 1.82) is 0 Å². The average Bonchev–Trinajstić information content (AvgIpc) is 3.18. The van der Waals surface area contributed by atoms with E-state index in [1.165, 1.54) is 0 Å². The molecule has 1 aromatic carbocycles. The van der Waals surface area contributed by atoms with E-state index < -0.39 is 5.60 Å². The maximum atomic E-state index is 10.2. The predicted octanol–water partition coefficient (Wildman–Crippen LogP) is 3.42. The normalized spacial score (nSPS) is 17.2. The van der Waals surface area contributed by atoms with Crippen LogP contribution in [-0.4, -0.2) is 33.8 Å². The maximum Gasteiger partial charge on any atom is 0.131 e.